The molecule has 0 aromatic carbocycles. The molecule has 0 spiro atoms. The Bertz CT molecular complexity index is 372. The minimum atomic E-state index is 0.679. The first-order chi connectivity index (χ1) is 8.10. The molecular weight excluding hydrogens is 228 g/mol. The highest BCUT2D eigenvalue weighted by atomic mass is 32.2. The summed E-state index contributed by atoms with van der Waals surface area (Å²) < 4.78 is 0. The van der Waals surface area contributed by atoms with E-state index in [9.17, 15) is 0 Å². The van der Waals surface area contributed by atoms with E-state index in [4.69, 9.17) is 0 Å². The molecular formula is C14H22N2S. The topological polar surface area (TPSA) is 24.9 Å². The highest BCUT2D eigenvalue weighted by molar-refractivity contribution is 7.99. The summed E-state index contributed by atoms with van der Waals surface area (Å²) >= 11 is 1.96. The molecule has 3 heteroatoms. The Morgan fingerprint density at radius 3 is 2.65 bits per heavy atom. The Labute approximate surface area is 109 Å². The van der Waals surface area contributed by atoms with Gasteiger partial charge in [0.15, 0.2) is 0 Å². The van der Waals surface area contributed by atoms with E-state index >= 15 is 0 Å². The largest absolute Gasteiger partial charge is 0.317 e. The molecule has 2 rings (SSSR count). The van der Waals surface area contributed by atoms with E-state index in [1.165, 1.54) is 23.4 Å². The minimum Gasteiger partial charge on any atom is -0.317 e. The minimum absolute atomic E-state index is 0.679. The van der Waals surface area contributed by atoms with Crippen molar-refractivity contribution >= 4 is 11.8 Å². The third kappa shape index (κ3) is 3.02. The van der Waals surface area contributed by atoms with Gasteiger partial charge in [0.25, 0.3) is 0 Å². The van der Waals surface area contributed by atoms with Crippen LogP contribution >= 0.6 is 11.8 Å². The van der Waals surface area contributed by atoms with Crippen LogP contribution in [0.25, 0.3) is 0 Å². The van der Waals surface area contributed by atoms with Gasteiger partial charge in [-0.3, -0.25) is 0 Å². The third-order valence-electron chi connectivity index (χ3n) is 3.70. The first-order valence-electron chi connectivity index (χ1n) is 6.39. The van der Waals surface area contributed by atoms with Gasteiger partial charge in [0, 0.05) is 17.0 Å². The number of thioether (sulfide) groups is 1. The molecule has 1 heterocycles. The smallest absolute Gasteiger partial charge is 0.0968 e. The molecule has 0 bridgehead atoms. The SMILES string of the molecule is CNC1CCC(Sc2cc(C)cc(C)n2)C1C. The van der Waals surface area contributed by atoms with E-state index in [0.29, 0.717) is 11.3 Å². The normalized spacial score (nSPS) is 28.6. The van der Waals surface area contributed by atoms with Gasteiger partial charge in [-0.1, -0.05) is 6.92 Å². The molecule has 17 heavy (non-hydrogen) atoms. The van der Waals surface area contributed by atoms with Crippen LogP contribution in [0, 0.1) is 19.8 Å². The van der Waals surface area contributed by atoms with Crippen molar-refractivity contribution in [1.82, 2.24) is 10.3 Å². The van der Waals surface area contributed by atoms with Gasteiger partial charge in [0.2, 0.25) is 0 Å². The predicted octanol–water partition coefficient (Wildman–Crippen LogP) is 3.18. The summed E-state index contributed by atoms with van der Waals surface area (Å²) in [6, 6.07) is 5.02. The van der Waals surface area contributed by atoms with E-state index in [0.717, 1.165) is 11.6 Å². The molecule has 1 fully saturated rings. The van der Waals surface area contributed by atoms with E-state index in [2.05, 4.69) is 50.3 Å². The standard InChI is InChI=1S/C14H22N2S/c1-9-7-10(2)16-14(8-9)17-13-6-5-12(15-4)11(13)3/h7-8,11-13,15H,5-6H2,1-4H3. The fraction of sp³-hybridized carbons (Fsp3) is 0.643. The van der Waals surface area contributed by atoms with E-state index in [1.807, 2.05) is 11.8 Å². The van der Waals surface area contributed by atoms with Crippen molar-refractivity contribution in [3.05, 3.63) is 23.4 Å². The number of hydrogen-bond donors (Lipinski definition) is 1. The fourth-order valence-corrected chi connectivity index (χ4v) is 4.14. The number of nitrogens with one attached hydrogen (secondary N) is 1. The second-order valence-electron chi connectivity index (χ2n) is 5.11. The van der Waals surface area contributed by atoms with Crippen LogP contribution < -0.4 is 5.32 Å². The van der Waals surface area contributed by atoms with Gasteiger partial charge in [-0.15, -0.1) is 11.8 Å². The lowest BCUT2D eigenvalue weighted by molar-refractivity contribution is 0.464. The number of rotatable bonds is 3. The zero-order valence-electron chi connectivity index (χ0n) is 11.2. The van der Waals surface area contributed by atoms with Crippen molar-refractivity contribution in [2.75, 3.05) is 7.05 Å². The Balaban J connectivity index is 2.06. The molecule has 0 radical (unpaired) electrons. The number of pyridine rings is 1. The Morgan fingerprint density at radius 1 is 1.29 bits per heavy atom. The van der Waals surface area contributed by atoms with Crippen LogP contribution in [-0.4, -0.2) is 23.3 Å². The van der Waals surface area contributed by atoms with Gasteiger partial charge in [0.05, 0.1) is 5.03 Å². The zero-order chi connectivity index (χ0) is 12.4. The summed E-state index contributed by atoms with van der Waals surface area (Å²) in [5.41, 5.74) is 2.44. The quantitative estimate of drug-likeness (QED) is 0.892. The van der Waals surface area contributed by atoms with Crippen molar-refractivity contribution in [2.24, 2.45) is 5.92 Å². The van der Waals surface area contributed by atoms with Gasteiger partial charge in [-0.2, -0.15) is 0 Å². The van der Waals surface area contributed by atoms with Crippen LogP contribution in [0.3, 0.4) is 0 Å². The molecule has 1 aromatic heterocycles. The maximum atomic E-state index is 4.63. The summed E-state index contributed by atoms with van der Waals surface area (Å²) in [4.78, 5) is 4.63. The molecule has 3 atom stereocenters. The lowest BCUT2D eigenvalue weighted by Gasteiger charge is -2.19. The van der Waals surface area contributed by atoms with Crippen molar-refractivity contribution in [3.8, 4) is 0 Å². The highest BCUT2D eigenvalue weighted by Gasteiger charge is 2.32. The molecule has 1 N–H and O–H groups in total. The van der Waals surface area contributed by atoms with Gasteiger partial charge in [0.1, 0.15) is 0 Å². The van der Waals surface area contributed by atoms with Crippen LogP contribution in [0.4, 0.5) is 0 Å². The second-order valence-corrected chi connectivity index (χ2v) is 6.37. The maximum absolute atomic E-state index is 4.63. The van der Waals surface area contributed by atoms with E-state index in [1.54, 1.807) is 0 Å². The van der Waals surface area contributed by atoms with Crippen molar-refractivity contribution in [1.29, 1.82) is 0 Å². The molecule has 0 saturated heterocycles. The lowest BCUT2D eigenvalue weighted by Crippen LogP contribution is -2.30. The number of nitrogens with zero attached hydrogens (tertiary/aromatic N) is 1. The average Bonchev–Trinajstić information content (AvgIpc) is 2.58. The summed E-state index contributed by atoms with van der Waals surface area (Å²) in [6.07, 6.45) is 2.59. The Morgan fingerprint density at radius 2 is 2.06 bits per heavy atom. The second kappa shape index (κ2) is 5.40. The summed E-state index contributed by atoms with van der Waals surface area (Å²) in [5.74, 6) is 0.729. The maximum Gasteiger partial charge on any atom is 0.0968 e. The van der Waals surface area contributed by atoms with Crippen LogP contribution in [0.2, 0.25) is 0 Å². The first kappa shape index (κ1) is 12.9. The summed E-state index contributed by atoms with van der Waals surface area (Å²) in [5, 5.41) is 5.32. The van der Waals surface area contributed by atoms with Crippen LogP contribution in [0.5, 0.6) is 0 Å². The lowest BCUT2D eigenvalue weighted by atomic mass is 10.1. The van der Waals surface area contributed by atoms with Crippen LogP contribution in [-0.2, 0) is 0 Å². The van der Waals surface area contributed by atoms with Crippen molar-refractivity contribution in [3.63, 3.8) is 0 Å². The van der Waals surface area contributed by atoms with Crippen molar-refractivity contribution < 1.29 is 0 Å². The third-order valence-corrected chi connectivity index (χ3v) is 5.12. The Kier molecular flexibility index (Phi) is 4.10. The molecule has 3 unspecified atom stereocenters. The fourth-order valence-electron chi connectivity index (χ4n) is 2.72. The highest BCUT2D eigenvalue weighted by Crippen LogP contribution is 2.38. The number of aromatic nitrogens is 1. The molecule has 0 aliphatic heterocycles. The van der Waals surface area contributed by atoms with Gasteiger partial charge in [-0.05, 0) is 57.4 Å². The van der Waals surface area contributed by atoms with E-state index in [-0.39, 0.29) is 0 Å². The van der Waals surface area contributed by atoms with Gasteiger partial charge < -0.3 is 5.32 Å². The molecule has 1 aromatic rings. The van der Waals surface area contributed by atoms with Gasteiger partial charge in [-0.25, -0.2) is 4.98 Å². The summed E-state index contributed by atoms with van der Waals surface area (Å²) in [6.45, 7) is 6.58. The molecule has 2 nitrogen and oxygen atoms in total. The van der Waals surface area contributed by atoms with Crippen LogP contribution in [0.1, 0.15) is 31.0 Å². The average molecular weight is 250 g/mol. The molecule has 1 aliphatic carbocycles. The molecule has 1 saturated carbocycles. The number of hydrogen-bond acceptors (Lipinski definition) is 3. The predicted molar refractivity (Wildman–Crippen MR) is 74.6 cm³/mol. The zero-order valence-corrected chi connectivity index (χ0v) is 12.0. The van der Waals surface area contributed by atoms with E-state index < -0.39 is 0 Å². The monoisotopic (exact) mass is 250 g/mol. The molecule has 94 valence electrons. The van der Waals surface area contributed by atoms with Crippen molar-refractivity contribution in [2.45, 2.75) is 49.9 Å². The number of aryl methyl sites for hydroxylation is 2. The first-order valence-corrected chi connectivity index (χ1v) is 7.27. The Hall–Kier alpha value is -0.540. The van der Waals surface area contributed by atoms with Crippen LogP contribution in [0.15, 0.2) is 17.2 Å². The van der Waals surface area contributed by atoms with Gasteiger partial charge >= 0.3 is 0 Å². The summed E-state index contributed by atoms with van der Waals surface area (Å²) in [7, 11) is 2.07. The molecule has 0 amide bonds. The molecule has 1 aliphatic rings.